The lowest BCUT2D eigenvalue weighted by atomic mass is 9.82. The van der Waals surface area contributed by atoms with Gasteiger partial charge in [0, 0.05) is 11.1 Å². The summed E-state index contributed by atoms with van der Waals surface area (Å²) in [5.74, 6) is -2.27. The third kappa shape index (κ3) is 7.02. The fraction of sp³-hybridized carbons (Fsp3) is 0.353. The minimum Gasteiger partial charge on any atom is -0.462 e. The van der Waals surface area contributed by atoms with Crippen LogP contribution in [-0.2, 0) is 0 Å². The van der Waals surface area contributed by atoms with Crippen molar-refractivity contribution in [3.63, 3.8) is 0 Å². The van der Waals surface area contributed by atoms with E-state index < -0.39 is 11.6 Å². The summed E-state index contributed by atoms with van der Waals surface area (Å²) >= 11 is 0. The first kappa shape index (κ1) is 28.7. The maximum Gasteiger partial charge on any atom is 0.201 e. The molecule has 0 spiro atoms. The van der Waals surface area contributed by atoms with Crippen molar-refractivity contribution in [3.8, 4) is 28.0 Å². The molecule has 0 aliphatic heterocycles. The third-order valence-electron chi connectivity index (χ3n) is 7.52. The lowest BCUT2D eigenvalue weighted by Crippen LogP contribution is -2.22. The lowest BCUT2D eigenvalue weighted by Gasteiger charge is -2.26. The highest BCUT2D eigenvalue weighted by Crippen LogP contribution is 2.36. The first-order chi connectivity index (χ1) is 18.9. The van der Waals surface area contributed by atoms with E-state index in [1.54, 1.807) is 42.5 Å². The van der Waals surface area contributed by atoms with Crippen LogP contribution in [0.5, 0.6) is 5.75 Å². The van der Waals surface area contributed by atoms with E-state index >= 15 is 4.39 Å². The van der Waals surface area contributed by atoms with Gasteiger partial charge in [0.15, 0.2) is 11.6 Å². The van der Waals surface area contributed by atoms with Gasteiger partial charge in [-0.15, -0.1) is 0 Å². The molecule has 0 aromatic heterocycles. The van der Waals surface area contributed by atoms with Crippen molar-refractivity contribution in [2.45, 2.75) is 71.3 Å². The van der Waals surface area contributed by atoms with Crippen LogP contribution in [0.4, 0.5) is 13.2 Å². The standard InChI is InChI=1S/C34H37F3O2/c1-3-5-7-8-31(38)26-15-9-23(10-16-26)27-17-18-28(30(35)22-27)24-11-13-25(14-12-24)29-19-20-32(34(37)33(29)36)39-21-6-4-2/h6,9,11-14,17-22,26,31,38H,3-5,7-8,10,15-16H2,1-2H3/b21-6-. The number of halogens is 3. The number of rotatable bonds is 11. The van der Waals surface area contributed by atoms with E-state index in [1.165, 1.54) is 18.4 Å². The van der Waals surface area contributed by atoms with Crippen LogP contribution >= 0.6 is 0 Å². The van der Waals surface area contributed by atoms with Crippen LogP contribution in [-0.4, -0.2) is 11.2 Å². The second kappa shape index (κ2) is 13.7. The van der Waals surface area contributed by atoms with Crippen LogP contribution in [0.15, 0.2) is 73.0 Å². The van der Waals surface area contributed by atoms with E-state index in [9.17, 15) is 13.9 Å². The summed E-state index contributed by atoms with van der Waals surface area (Å²) in [6.07, 6.45) is 12.4. The minimum absolute atomic E-state index is 0.111. The first-order valence-electron chi connectivity index (χ1n) is 14.0. The molecule has 0 bridgehead atoms. The Labute approximate surface area is 229 Å². The molecule has 2 atom stereocenters. The number of aliphatic hydroxyl groups is 1. The second-order valence-electron chi connectivity index (χ2n) is 10.2. The number of aliphatic hydroxyl groups excluding tert-OH is 1. The van der Waals surface area contributed by atoms with Gasteiger partial charge in [-0.25, -0.2) is 8.78 Å². The predicted molar refractivity (Wildman–Crippen MR) is 153 cm³/mol. The SMILES string of the molecule is CC/C=C\Oc1ccc(-c2ccc(-c3ccc(C4=CCC(C(O)CCCCC)CC4)cc3F)cc2)c(F)c1F. The summed E-state index contributed by atoms with van der Waals surface area (Å²) in [5, 5.41) is 10.5. The Hall–Kier alpha value is -3.31. The highest BCUT2D eigenvalue weighted by molar-refractivity contribution is 5.74. The lowest BCUT2D eigenvalue weighted by molar-refractivity contribution is 0.0915. The zero-order valence-electron chi connectivity index (χ0n) is 22.7. The van der Waals surface area contributed by atoms with E-state index in [-0.39, 0.29) is 29.2 Å². The molecule has 206 valence electrons. The Kier molecular flexibility index (Phi) is 10.0. The summed E-state index contributed by atoms with van der Waals surface area (Å²) < 4.78 is 49.6. The Morgan fingerprint density at radius 1 is 0.897 bits per heavy atom. The smallest absolute Gasteiger partial charge is 0.201 e. The second-order valence-corrected chi connectivity index (χ2v) is 10.2. The van der Waals surface area contributed by atoms with Crippen molar-refractivity contribution in [1.29, 1.82) is 0 Å². The number of allylic oxidation sites excluding steroid dienone is 3. The van der Waals surface area contributed by atoms with Gasteiger partial charge in [0.2, 0.25) is 5.82 Å². The van der Waals surface area contributed by atoms with E-state index in [0.29, 0.717) is 16.7 Å². The molecule has 0 saturated carbocycles. The highest BCUT2D eigenvalue weighted by atomic mass is 19.2. The molecule has 0 saturated heterocycles. The fourth-order valence-corrected chi connectivity index (χ4v) is 5.15. The van der Waals surface area contributed by atoms with Crippen molar-refractivity contribution in [2.24, 2.45) is 5.92 Å². The molecule has 0 radical (unpaired) electrons. The van der Waals surface area contributed by atoms with Crippen molar-refractivity contribution >= 4 is 5.57 Å². The Morgan fingerprint density at radius 3 is 2.23 bits per heavy atom. The monoisotopic (exact) mass is 534 g/mol. The summed E-state index contributed by atoms with van der Waals surface area (Å²) in [7, 11) is 0. The molecule has 1 aliphatic carbocycles. The van der Waals surface area contributed by atoms with Gasteiger partial charge in [-0.2, -0.15) is 4.39 Å². The maximum atomic E-state index is 15.2. The fourth-order valence-electron chi connectivity index (χ4n) is 5.15. The van der Waals surface area contributed by atoms with E-state index in [0.717, 1.165) is 62.5 Å². The molecular formula is C34H37F3O2. The quantitative estimate of drug-likeness (QED) is 0.196. The van der Waals surface area contributed by atoms with Crippen LogP contribution in [0.25, 0.3) is 27.8 Å². The van der Waals surface area contributed by atoms with Gasteiger partial charge < -0.3 is 9.84 Å². The average Bonchev–Trinajstić information content (AvgIpc) is 2.96. The van der Waals surface area contributed by atoms with Gasteiger partial charge in [0.1, 0.15) is 5.82 Å². The molecule has 4 rings (SSSR count). The van der Waals surface area contributed by atoms with Gasteiger partial charge in [0.25, 0.3) is 0 Å². The van der Waals surface area contributed by atoms with E-state index in [4.69, 9.17) is 4.74 Å². The molecule has 5 heteroatoms. The normalized spacial score (nSPS) is 16.4. The van der Waals surface area contributed by atoms with Crippen LogP contribution in [0, 0.1) is 23.4 Å². The summed E-state index contributed by atoms with van der Waals surface area (Å²) in [6, 6.07) is 14.9. The number of ether oxygens (including phenoxy) is 1. The van der Waals surface area contributed by atoms with Crippen LogP contribution in [0.3, 0.4) is 0 Å². The minimum atomic E-state index is -1.05. The number of unbranched alkanes of at least 4 members (excludes halogenated alkanes) is 2. The Bertz CT molecular complexity index is 1310. The Morgan fingerprint density at radius 2 is 1.59 bits per heavy atom. The zero-order valence-corrected chi connectivity index (χ0v) is 22.7. The molecule has 3 aromatic rings. The molecule has 39 heavy (non-hydrogen) atoms. The van der Waals surface area contributed by atoms with E-state index in [1.807, 2.05) is 13.0 Å². The van der Waals surface area contributed by atoms with Crippen LogP contribution < -0.4 is 4.74 Å². The van der Waals surface area contributed by atoms with Gasteiger partial charge in [0.05, 0.1) is 12.4 Å². The van der Waals surface area contributed by atoms with Crippen LogP contribution in [0.2, 0.25) is 0 Å². The molecule has 0 fully saturated rings. The van der Waals surface area contributed by atoms with Gasteiger partial charge in [-0.3, -0.25) is 0 Å². The maximum absolute atomic E-state index is 15.2. The average molecular weight is 535 g/mol. The number of benzene rings is 3. The van der Waals surface area contributed by atoms with Crippen molar-refractivity contribution in [1.82, 2.24) is 0 Å². The first-order valence-corrected chi connectivity index (χ1v) is 14.0. The van der Waals surface area contributed by atoms with Crippen molar-refractivity contribution in [3.05, 3.63) is 96.0 Å². The third-order valence-corrected chi connectivity index (χ3v) is 7.52. The Balaban J connectivity index is 1.45. The molecular weight excluding hydrogens is 497 g/mol. The van der Waals surface area contributed by atoms with Gasteiger partial charge in [-0.05, 0) is 84.6 Å². The molecule has 1 aliphatic rings. The highest BCUT2D eigenvalue weighted by Gasteiger charge is 2.23. The van der Waals surface area contributed by atoms with Crippen molar-refractivity contribution < 1.29 is 23.0 Å². The topological polar surface area (TPSA) is 29.5 Å². The zero-order chi connectivity index (χ0) is 27.8. The largest absolute Gasteiger partial charge is 0.462 e. The number of hydrogen-bond donors (Lipinski definition) is 1. The molecule has 1 N–H and O–H groups in total. The molecule has 2 unspecified atom stereocenters. The van der Waals surface area contributed by atoms with Crippen molar-refractivity contribution in [2.75, 3.05) is 0 Å². The number of hydrogen-bond acceptors (Lipinski definition) is 2. The molecule has 3 aromatic carbocycles. The predicted octanol–water partition coefficient (Wildman–Crippen LogP) is 9.87. The molecule has 0 amide bonds. The van der Waals surface area contributed by atoms with Gasteiger partial charge in [-0.1, -0.05) is 75.6 Å². The molecule has 0 heterocycles. The summed E-state index contributed by atoms with van der Waals surface area (Å²) in [5.41, 5.74) is 3.68. The van der Waals surface area contributed by atoms with Gasteiger partial charge >= 0.3 is 0 Å². The summed E-state index contributed by atoms with van der Waals surface area (Å²) in [4.78, 5) is 0. The van der Waals surface area contributed by atoms with Crippen LogP contribution in [0.1, 0.15) is 70.8 Å². The molecule has 2 nitrogen and oxygen atoms in total. The summed E-state index contributed by atoms with van der Waals surface area (Å²) in [6.45, 7) is 4.07. The van der Waals surface area contributed by atoms with E-state index in [2.05, 4.69) is 13.0 Å².